The highest BCUT2D eigenvalue weighted by molar-refractivity contribution is 4.70. The molecule has 112 valence electrons. The van der Waals surface area contributed by atoms with Gasteiger partial charge < -0.3 is 19.9 Å². The molecule has 0 bridgehead atoms. The molecule has 2 N–H and O–H groups in total. The monoisotopic (exact) mass is 273 g/mol. The van der Waals surface area contributed by atoms with E-state index in [-0.39, 0.29) is 6.10 Å². The van der Waals surface area contributed by atoms with Crippen molar-refractivity contribution in [2.75, 3.05) is 78.8 Å². The minimum absolute atomic E-state index is 0.289. The molecule has 0 aromatic rings. The Labute approximate surface area is 115 Å². The van der Waals surface area contributed by atoms with Crippen molar-refractivity contribution >= 4 is 0 Å². The standard InChI is InChI=1S/C13H27N3O3/c17-13(12-16-5-9-19-10-6-16)11-14-1-2-15-3-7-18-8-4-15/h13-14,17H,1-12H2. The molecule has 19 heavy (non-hydrogen) atoms. The van der Waals surface area contributed by atoms with Crippen LogP contribution in [0.1, 0.15) is 0 Å². The summed E-state index contributed by atoms with van der Waals surface area (Å²) in [5.74, 6) is 0. The van der Waals surface area contributed by atoms with Crippen molar-refractivity contribution in [3.63, 3.8) is 0 Å². The summed E-state index contributed by atoms with van der Waals surface area (Å²) in [5, 5.41) is 13.3. The van der Waals surface area contributed by atoms with E-state index in [1.807, 2.05) is 0 Å². The van der Waals surface area contributed by atoms with Gasteiger partial charge in [-0.05, 0) is 0 Å². The average molecular weight is 273 g/mol. The molecular formula is C13H27N3O3. The highest BCUT2D eigenvalue weighted by Crippen LogP contribution is 1.98. The summed E-state index contributed by atoms with van der Waals surface area (Å²) in [6.45, 7) is 10.6. The molecule has 2 fully saturated rings. The van der Waals surface area contributed by atoms with Gasteiger partial charge in [0.2, 0.25) is 0 Å². The first-order chi connectivity index (χ1) is 9.34. The van der Waals surface area contributed by atoms with Crippen molar-refractivity contribution in [3.05, 3.63) is 0 Å². The lowest BCUT2D eigenvalue weighted by Gasteiger charge is -2.29. The van der Waals surface area contributed by atoms with Gasteiger partial charge in [-0.25, -0.2) is 0 Å². The predicted molar refractivity (Wildman–Crippen MR) is 73.4 cm³/mol. The van der Waals surface area contributed by atoms with E-state index < -0.39 is 0 Å². The van der Waals surface area contributed by atoms with Gasteiger partial charge >= 0.3 is 0 Å². The minimum atomic E-state index is -0.289. The topological polar surface area (TPSA) is 57.2 Å². The van der Waals surface area contributed by atoms with Gasteiger partial charge in [-0.2, -0.15) is 0 Å². The fourth-order valence-corrected chi connectivity index (χ4v) is 2.48. The smallest absolute Gasteiger partial charge is 0.0791 e. The number of aliphatic hydroxyl groups excluding tert-OH is 1. The molecule has 2 saturated heterocycles. The lowest BCUT2D eigenvalue weighted by molar-refractivity contribution is 0.0143. The van der Waals surface area contributed by atoms with Gasteiger partial charge in [-0.15, -0.1) is 0 Å². The minimum Gasteiger partial charge on any atom is -0.390 e. The van der Waals surface area contributed by atoms with Crippen LogP contribution >= 0.6 is 0 Å². The Hall–Kier alpha value is -0.240. The van der Waals surface area contributed by atoms with Gasteiger partial charge in [0.1, 0.15) is 0 Å². The van der Waals surface area contributed by atoms with Crippen molar-refractivity contribution in [3.8, 4) is 0 Å². The van der Waals surface area contributed by atoms with Gasteiger partial charge in [0, 0.05) is 52.4 Å². The van der Waals surface area contributed by atoms with Gasteiger partial charge in [0.15, 0.2) is 0 Å². The number of hydrogen-bond acceptors (Lipinski definition) is 6. The van der Waals surface area contributed by atoms with Crippen LogP contribution in [-0.4, -0.2) is 99.8 Å². The van der Waals surface area contributed by atoms with Crippen molar-refractivity contribution in [1.82, 2.24) is 15.1 Å². The van der Waals surface area contributed by atoms with Crippen molar-refractivity contribution in [1.29, 1.82) is 0 Å². The number of aliphatic hydroxyl groups is 1. The summed E-state index contributed by atoms with van der Waals surface area (Å²) in [6, 6.07) is 0. The number of β-amino-alcohol motifs (C(OH)–C–C–N with tert-alkyl or cyclic N) is 1. The number of ether oxygens (including phenoxy) is 2. The number of rotatable bonds is 7. The maximum atomic E-state index is 9.96. The molecule has 0 radical (unpaired) electrons. The summed E-state index contributed by atoms with van der Waals surface area (Å²) in [4.78, 5) is 4.66. The van der Waals surface area contributed by atoms with Crippen LogP contribution in [-0.2, 0) is 9.47 Å². The molecule has 0 aromatic carbocycles. The Balaban J connectivity index is 1.47. The van der Waals surface area contributed by atoms with E-state index in [0.29, 0.717) is 6.54 Å². The molecule has 2 aliphatic rings. The van der Waals surface area contributed by atoms with Crippen molar-refractivity contribution < 1.29 is 14.6 Å². The summed E-state index contributed by atoms with van der Waals surface area (Å²) in [7, 11) is 0. The molecule has 0 saturated carbocycles. The zero-order valence-corrected chi connectivity index (χ0v) is 11.7. The van der Waals surface area contributed by atoms with Crippen LogP contribution in [0.2, 0.25) is 0 Å². The number of morpholine rings is 2. The second kappa shape index (κ2) is 8.84. The third-order valence-electron chi connectivity index (χ3n) is 3.66. The van der Waals surface area contributed by atoms with Crippen LogP contribution in [0.15, 0.2) is 0 Å². The predicted octanol–water partition coefficient (Wildman–Crippen LogP) is -1.40. The number of nitrogens with zero attached hydrogens (tertiary/aromatic N) is 2. The molecule has 0 spiro atoms. The lowest BCUT2D eigenvalue weighted by Crippen LogP contribution is -2.45. The van der Waals surface area contributed by atoms with Gasteiger partial charge in [0.05, 0.1) is 32.5 Å². The quantitative estimate of drug-likeness (QED) is 0.557. The van der Waals surface area contributed by atoms with Gasteiger partial charge in [-0.1, -0.05) is 0 Å². The average Bonchev–Trinajstić information content (AvgIpc) is 2.46. The third kappa shape index (κ3) is 6.16. The normalized spacial score (nSPS) is 24.5. The molecule has 2 aliphatic heterocycles. The highest BCUT2D eigenvalue weighted by atomic mass is 16.5. The molecule has 0 aromatic heterocycles. The molecule has 2 rings (SSSR count). The first-order valence-electron chi connectivity index (χ1n) is 7.33. The van der Waals surface area contributed by atoms with E-state index in [0.717, 1.165) is 72.2 Å². The van der Waals surface area contributed by atoms with Gasteiger partial charge in [-0.3, -0.25) is 9.80 Å². The fraction of sp³-hybridized carbons (Fsp3) is 1.00. The molecular weight excluding hydrogens is 246 g/mol. The Kier molecular flexibility index (Phi) is 7.05. The van der Waals surface area contributed by atoms with E-state index in [1.54, 1.807) is 0 Å². The summed E-state index contributed by atoms with van der Waals surface area (Å²) >= 11 is 0. The number of hydrogen-bond donors (Lipinski definition) is 2. The van der Waals surface area contributed by atoms with E-state index >= 15 is 0 Å². The maximum Gasteiger partial charge on any atom is 0.0791 e. The Morgan fingerprint density at radius 3 is 2.16 bits per heavy atom. The Bertz CT molecular complexity index is 231. The fourth-order valence-electron chi connectivity index (χ4n) is 2.48. The lowest BCUT2D eigenvalue weighted by atomic mass is 10.3. The van der Waals surface area contributed by atoms with E-state index in [4.69, 9.17) is 9.47 Å². The van der Waals surface area contributed by atoms with E-state index in [9.17, 15) is 5.11 Å². The molecule has 2 heterocycles. The second-order valence-corrected chi connectivity index (χ2v) is 5.22. The summed E-state index contributed by atoms with van der Waals surface area (Å²) < 4.78 is 10.6. The Morgan fingerprint density at radius 2 is 1.53 bits per heavy atom. The van der Waals surface area contributed by atoms with Crippen LogP contribution < -0.4 is 5.32 Å². The van der Waals surface area contributed by atoms with Crippen molar-refractivity contribution in [2.24, 2.45) is 0 Å². The highest BCUT2D eigenvalue weighted by Gasteiger charge is 2.14. The zero-order chi connectivity index (χ0) is 13.3. The molecule has 0 aliphatic carbocycles. The Morgan fingerprint density at radius 1 is 0.947 bits per heavy atom. The first kappa shape index (κ1) is 15.2. The molecule has 1 unspecified atom stereocenters. The number of nitrogens with one attached hydrogen (secondary N) is 1. The molecule has 1 atom stereocenters. The van der Waals surface area contributed by atoms with Crippen LogP contribution in [0.25, 0.3) is 0 Å². The molecule has 6 heteroatoms. The summed E-state index contributed by atoms with van der Waals surface area (Å²) in [6.07, 6.45) is -0.289. The molecule has 0 amide bonds. The maximum absolute atomic E-state index is 9.96. The molecule has 6 nitrogen and oxygen atoms in total. The van der Waals surface area contributed by atoms with Gasteiger partial charge in [0.25, 0.3) is 0 Å². The van der Waals surface area contributed by atoms with Crippen molar-refractivity contribution in [2.45, 2.75) is 6.10 Å². The van der Waals surface area contributed by atoms with Crippen LogP contribution in [0, 0.1) is 0 Å². The second-order valence-electron chi connectivity index (χ2n) is 5.22. The first-order valence-corrected chi connectivity index (χ1v) is 7.33. The van der Waals surface area contributed by atoms with Crippen LogP contribution in [0.5, 0.6) is 0 Å². The van der Waals surface area contributed by atoms with Crippen LogP contribution in [0.4, 0.5) is 0 Å². The summed E-state index contributed by atoms with van der Waals surface area (Å²) in [5.41, 5.74) is 0. The van der Waals surface area contributed by atoms with E-state index in [2.05, 4.69) is 15.1 Å². The third-order valence-corrected chi connectivity index (χ3v) is 3.66. The SMILES string of the molecule is OC(CNCCN1CCOCC1)CN1CCOCC1. The van der Waals surface area contributed by atoms with E-state index in [1.165, 1.54) is 0 Å². The largest absolute Gasteiger partial charge is 0.390 e. The van der Waals surface area contributed by atoms with Crippen LogP contribution in [0.3, 0.4) is 0 Å². The zero-order valence-electron chi connectivity index (χ0n) is 11.7.